The number of nitrogens with zero attached hydrogens (tertiary/aromatic N) is 2. The Morgan fingerprint density at radius 2 is 1.74 bits per heavy atom. The molecule has 0 saturated heterocycles. The average Bonchev–Trinajstić information content (AvgIpc) is 2.88. The molecule has 23 heavy (non-hydrogen) atoms. The van der Waals surface area contributed by atoms with Crippen molar-refractivity contribution in [1.82, 2.24) is 9.78 Å². The van der Waals surface area contributed by atoms with Gasteiger partial charge in [-0.05, 0) is 37.3 Å². The second-order valence-corrected chi connectivity index (χ2v) is 7.52. The molecular formula is C17H17N3O2S. The lowest BCUT2D eigenvalue weighted by molar-refractivity contribution is 0.602. The van der Waals surface area contributed by atoms with E-state index >= 15 is 0 Å². The molecule has 0 aliphatic carbocycles. The van der Waals surface area contributed by atoms with Crippen LogP contribution in [0.2, 0.25) is 0 Å². The summed E-state index contributed by atoms with van der Waals surface area (Å²) in [6.07, 6.45) is 1.18. The van der Waals surface area contributed by atoms with Gasteiger partial charge in [0, 0.05) is 17.9 Å². The molecule has 3 aromatic rings. The van der Waals surface area contributed by atoms with Crippen molar-refractivity contribution >= 4 is 15.7 Å². The molecule has 0 aliphatic heterocycles. The van der Waals surface area contributed by atoms with Crippen molar-refractivity contribution in [3.63, 3.8) is 0 Å². The first-order chi connectivity index (χ1) is 10.8. The molecular weight excluding hydrogens is 310 g/mol. The molecule has 0 amide bonds. The third-order valence-electron chi connectivity index (χ3n) is 3.56. The summed E-state index contributed by atoms with van der Waals surface area (Å²) in [5.74, 6) is 0.494. The molecule has 0 saturated carbocycles. The maximum atomic E-state index is 11.5. The standard InChI is InChI=1S/C17H17N3O2S/c1-12-4-3-5-13(10-12)16-11-17(18)20(19-16)14-6-8-15(9-7-14)23(2,21)22/h3-11H,18H2,1-2H3. The van der Waals surface area contributed by atoms with Gasteiger partial charge in [-0.3, -0.25) is 0 Å². The maximum absolute atomic E-state index is 11.5. The van der Waals surface area contributed by atoms with E-state index in [0.717, 1.165) is 16.8 Å². The first-order valence-electron chi connectivity index (χ1n) is 7.08. The third-order valence-corrected chi connectivity index (χ3v) is 4.69. The predicted octanol–water partition coefficient (Wildman–Crippen LogP) is 2.83. The smallest absolute Gasteiger partial charge is 0.175 e. The molecule has 118 valence electrons. The van der Waals surface area contributed by atoms with E-state index in [4.69, 9.17) is 5.73 Å². The van der Waals surface area contributed by atoms with Crippen molar-refractivity contribution in [2.45, 2.75) is 11.8 Å². The SMILES string of the molecule is Cc1cccc(-c2cc(N)n(-c3ccc(S(C)(=O)=O)cc3)n2)c1. The summed E-state index contributed by atoms with van der Waals surface area (Å²) in [7, 11) is -3.22. The minimum atomic E-state index is -3.22. The Morgan fingerprint density at radius 1 is 1.04 bits per heavy atom. The fourth-order valence-electron chi connectivity index (χ4n) is 2.38. The van der Waals surface area contributed by atoms with Crippen LogP contribution in [0.1, 0.15) is 5.56 Å². The molecule has 2 aromatic carbocycles. The van der Waals surface area contributed by atoms with Gasteiger partial charge in [-0.1, -0.05) is 23.8 Å². The van der Waals surface area contributed by atoms with Crippen LogP contribution < -0.4 is 5.73 Å². The van der Waals surface area contributed by atoms with Gasteiger partial charge in [-0.15, -0.1) is 0 Å². The summed E-state index contributed by atoms with van der Waals surface area (Å²) in [5, 5.41) is 4.53. The normalized spacial score (nSPS) is 11.6. The highest BCUT2D eigenvalue weighted by atomic mass is 32.2. The molecule has 0 bridgehead atoms. The Balaban J connectivity index is 2.01. The van der Waals surface area contributed by atoms with Crippen LogP contribution in [0.5, 0.6) is 0 Å². The van der Waals surface area contributed by atoms with Gasteiger partial charge in [0.05, 0.1) is 16.3 Å². The minimum Gasteiger partial charge on any atom is -0.384 e. The summed E-state index contributed by atoms with van der Waals surface area (Å²) in [6.45, 7) is 2.02. The third kappa shape index (κ3) is 3.12. The monoisotopic (exact) mass is 327 g/mol. The van der Waals surface area contributed by atoms with Gasteiger partial charge in [0.2, 0.25) is 0 Å². The Morgan fingerprint density at radius 3 is 2.35 bits per heavy atom. The lowest BCUT2D eigenvalue weighted by Crippen LogP contribution is -2.03. The van der Waals surface area contributed by atoms with Crippen molar-refractivity contribution in [1.29, 1.82) is 0 Å². The Labute approximate surface area is 135 Å². The number of anilines is 1. The molecule has 0 fully saturated rings. The largest absolute Gasteiger partial charge is 0.384 e. The molecule has 2 N–H and O–H groups in total. The Kier molecular flexibility index (Phi) is 3.69. The fourth-order valence-corrected chi connectivity index (χ4v) is 3.01. The van der Waals surface area contributed by atoms with E-state index in [1.54, 1.807) is 35.0 Å². The summed E-state index contributed by atoms with van der Waals surface area (Å²) in [4.78, 5) is 0.269. The highest BCUT2D eigenvalue weighted by molar-refractivity contribution is 7.90. The van der Waals surface area contributed by atoms with Gasteiger partial charge in [0.1, 0.15) is 5.82 Å². The Bertz CT molecular complexity index is 958. The van der Waals surface area contributed by atoms with E-state index in [0.29, 0.717) is 11.5 Å². The van der Waals surface area contributed by atoms with E-state index in [1.165, 1.54) is 6.26 Å². The van der Waals surface area contributed by atoms with Crippen LogP contribution in [-0.2, 0) is 9.84 Å². The zero-order chi connectivity index (χ0) is 16.6. The van der Waals surface area contributed by atoms with Crippen LogP contribution in [0.4, 0.5) is 5.82 Å². The number of sulfone groups is 1. The van der Waals surface area contributed by atoms with Gasteiger partial charge in [-0.25, -0.2) is 13.1 Å². The van der Waals surface area contributed by atoms with Crippen LogP contribution in [0.15, 0.2) is 59.5 Å². The van der Waals surface area contributed by atoms with E-state index in [1.807, 2.05) is 31.2 Å². The first-order valence-corrected chi connectivity index (χ1v) is 8.97. The van der Waals surface area contributed by atoms with Gasteiger partial charge in [-0.2, -0.15) is 5.10 Å². The molecule has 0 aliphatic rings. The van der Waals surface area contributed by atoms with Crippen LogP contribution in [0.3, 0.4) is 0 Å². The zero-order valence-electron chi connectivity index (χ0n) is 12.9. The van der Waals surface area contributed by atoms with Gasteiger partial charge in [0.15, 0.2) is 9.84 Å². The zero-order valence-corrected chi connectivity index (χ0v) is 13.7. The summed E-state index contributed by atoms with van der Waals surface area (Å²) in [6, 6.07) is 16.3. The van der Waals surface area contributed by atoms with Crippen molar-refractivity contribution in [2.75, 3.05) is 12.0 Å². The topological polar surface area (TPSA) is 78.0 Å². The Hall–Kier alpha value is -2.60. The summed E-state index contributed by atoms with van der Waals surface area (Å²) < 4.78 is 24.6. The van der Waals surface area contributed by atoms with E-state index in [2.05, 4.69) is 5.10 Å². The molecule has 0 atom stereocenters. The highest BCUT2D eigenvalue weighted by Gasteiger charge is 2.11. The number of hydrogen-bond acceptors (Lipinski definition) is 4. The van der Waals surface area contributed by atoms with Crippen molar-refractivity contribution in [2.24, 2.45) is 0 Å². The van der Waals surface area contributed by atoms with Gasteiger partial charge >= 0.3 is 0 Å². The van der Waals surface area contributed by atoms with Crippen LogP contribution in [0, 0.1) is 6.92 Å². The number of rotatable bonds is 3. The van der Waals surface area contributed by atoms with Gasteiger partial charge < -0.3 is 5.73 Å². The fraction of sp³-hybridized carbons (Fsp3) is 0.118. The average molecular weight is 327 g/mol. The molecule has 0 radical (unpaired) electrons. The highest BCUT2D eigenvalue weighted by Crippen LogP contribution is 2.24. The summed E-state index contributed by atoms with van der Waals surface area (Å²) >= 11 is 0. The molecule has 1 aromatic heterocycles. The number of aryl methyl sites for hydroxylation is 1. The van der Waals surface area contributed by atoms with Crippen molar-refractivity contribution in [3.8, 4) is 16.9 Å². The number of benzene rings is 2. The maximum Gasteiger partial charge on any atom is 0.175 e. The molecule has 0 unspecified atom stereocenters. The minimum absolute atomic E-state index is 0.269. The van der Waals surface area contributed by atoms with Crippen LogP contribution >= 0.6 is 0 Å². The van der Waals surface area contributed by atoms with E-state index in [9.17, 15) is 8.42 Å². The molecule has 0 spiro atoms. The van der Waals surface area contributed by atoms with E-state index in [-0.39, 0.29) is 4.90 Å². The second-order valence-electron chi connectivity index (χ2n) is 5.50. The lowest BCUT2D eigenvalue weighted by Gasteiger charge is -2.05. The number of hydrogen-bond donors (Lipinski definition) is 1. The van der Waals surface area contributed by atoms with Crippen LogP contribution in [0.25, 0.3) is 16.9 Å². The second kappa shape index (κ2) is 5.55. The van der Waals surface area contributed by atoms with Crippen molar-refractivity contribution < 1.29 is 8.42 Å². The molecule has 5 nitrogen and oxygen atoms in total. The number of nitrogen functional groups attached to an aromatic ring is 1. The lowest BCUT2D eigenvalue weighted by atomic mass is 10.1. The van der Waals surface area contributed by atoms with Crippen molar-refractivity contribution in [3.05, 3.63) is 60.2 Å². The summed E-state index contributed by atoms with van der Waals surface area (Å²) in [5.41, 5.74) is 9.68. The quantitative estimate of drug-likeness (QED) is 0.802. The van der Waals surface area contributed by atoms with Crippen LogP contribution in [-0.4, -0.2) is 24.5 Å². The first kappa shape index (κ1) is 15.3. The molecule has 1 heterocycles. The molecule has 3 rings (SSSR count). The van der Waals surface area contributed by atoms with E-state index < -0.39 is 9.84 Å². The van der Waals surface area contributed by atoms with Gasteiger partial charge in [0.25, 0.3) is 0 Å². The number of nitrogens with two attached hydrogens (primary N) is 1. The number of aromatic nitrogens is 2. The molecule has 6 heteroatoms. The predicted molar refractivity (Wildman–Crippen MR) is 91.3 cm³/mol.